The van der Waals surface area contributed by atoms with E-state index in [2.05, 4.69) is 33.4 Å². The van der Waals surface area contributed by atoms with Crippen LogP contribution in [-0.4, -0.2) is 80.1 Å². The average Bonchev–Trinajstić information content (AvgIpc) is 3.20. The van der Waals surface area contributed by atoms with Crippen molar-refractivity contribution in [3.63, 3.8) is 0 Å². The van der Waals surface area contributed by atoms with Crippen molar-refractivity contribution < 1.29 is 27.5 Å². The van der Waals surface area contributed by atoms with Gasteiger partial charge in [-0.15, -0.1) is 0 Å². The lowest BCUT2D eigenvalue weighted by atomic mass is 9.91. The van der Waals surface area contributed by atoms with Gasteiger partial charge in [0.15, 0.2) is 9.84 Å². The summed E-state index contributed by atoms with van der Waals surface area (Å²) in [6, 6.07) is 0. The Morgan fingerprint density at radius 1 is 1.17 bits per heavy atom. The minimum Gasteiger partial charge on any atom is -0.447 e. The summed E-state index contributed by atoms with van der Waals surface area (Å²) in [6.07, 6.45) is 6.20. The predicted molar refractivity (Wildman–Crippen MR) is 139 cm³/mol. The van der Waals surface area contributed by atoms with E-state index >= 15 is 0 Å². The second kappa shape index (κ2) is 12.4. The third kappa shape index (κ3) is 7.09. The van der Waals surface area contributed by atoms with Gasteiger partial charge < -0.3 is 14.5 Å². The van der Waals surface area contributed by atoms with Crippen molar-refractivity contribution in [2.45, 2.75) is 47.5 Å². The molecular weight excluding hydrogens is 482 g/mol. The summed E-state index contributed by atoms with van der Waals surface area (Å²) in [5.74, 6) is -0.0524. The van der Waals surface area contributed by atoms with Gasteiger partial charge in [-0.3, -0.25) is 14.5 Å². The van der Waals surface area contributed by atoms with Gasteiger partial charge in [-0.05, 0) is 43.3 Å². The lowest BCUT2D eigenvalue weighted by Crippen LogP contribution is -2.52. The average molecular weight is 522 g/mol. The maximum Gasteiger partial charge on any atom is 0.413 e. The zero-order valence-corrected chi connectivity index (χ0v) is 23.1. The Balaban J connectivity index is 2.33. The monoisotopic (exact) mass is 521 g/mol. The van der Waals surface area contributed by atoms with E-state index in [4.69, 9.17) is 4.74 Å². The Bertz CT molecular complexity index is 1090. The molecule has 36 heavy (non-hydrogen) atoms. The number of ether oxygens (including phenoxy) is 1. The SMILES string of the molecule is C=C(C)/C(=C\C(CC)C(C)C)N1CCN(C(=O)/C(CC)=C(/C=C/N2CCOC2=O)S(C)(=O)=O)CC1=O. The first-order chi connectivity index (χ1) is 16.8. The van der Waals surface area contributed by atoms with Gasteiger partial charge in [0.05, 0.1) is 11.4 Å². The van der Waals surface area contributed by atoms with Crippen molar-refractivity contribution in [2.24, 2.45) is 11.8 Å². The standard InChI is InChI=1S/C26H39N3O6S/c1-8-20(18(3)4)16-22(19(5)6)29-13-12-28(17-24(29)30)25(31)21(9-2)23(36(7,33)34)10-11-27-14-15-35-26(27)32/h10-11,16,18,20H,5,8-9,12-15,17H2,1-4,6-7H3/b11-10+,22-16+,23-21-. The van der Waals surface area contributed by atoms with E-state index in [-0.39, 0.29) is 48.4 Å². The van der Waals surface area contributed by atoms with E-state index in [0.29, 0.717) is 19.0 Å². The summed E-state index contributed by atoms with van der Waals surface area (Å²) >= 11 is 0. The fourth-order valence-corrected chi connectivity index (χ4v) is 5.30. The fourth-order valence-electron chi connectivity index (χ4n) is 4.32. The molecule has 0 aromatic heterocycles. The summed E-state index contributed by atoms with van der Waals surface area (Å²) in [4.78, 5) is 42.4. The first-order valence-electron chi connectivity index (χ1n) is 12.3. The van der Waals surface area contributed by atoms with Crippen molar-refractivity contribution in [3.8, 4) is 0 Å². The molecule has 200 valence electrons. The summed E-state index contributed by atoms with van der Waals surface area (Å²) in [6.45, 7) is 14.9. The molecule has 0 aliphatic carbocycles. The zero-order chi connectivity index (χ0) is 27.2. The molecule has 0 aromatic rings. The molecular formula is C26H39N3O6S. The molecule has 2 saturated heterocycles. The summed E-state index contributed by atoms with van der Waals surface area (Å²) in [5, 5.41) is 0. The molecule has 2 aliphatic rings. The number of nitrogens with zero attached hydrogens (tertiary/aromatic N) is 3. The van der Waals surface area contributed by atoms with Crippen molar-refractivity contribution in [1.29, 1.82) is 0 Å². The fraction of sp³-hybridized carbons (Fsp3) is 0.577. The van der Waals surface area contributed by atoms with Gasteiger partial charge in [-0.2, -0.15) is 0 Å². The highest BCUT2D eigenvalue weighted by atomic mass is 32.2. The van der Waals surface area contributed by atoms with E-state index in [1.807, 2.05) is 6.92 Å². The number of hydrogen-bond donors (Lipinski definition) is 0. The first-order valence-corrected chi connectivity index (χ1v) is 14.2. The number of sulfone groups is 1. The van der Waals surface area contributed by atoms with Crippen LogP contribution in [0.3, 0.4) is 0 Å². The van der Waals surface area contributed by atoms with Crippen LogP contribution in [0.25, 0.3) is 0 Å². The number of piperazine rings is 1. The highest BCUT2D eigenvalue weighted by Crippen LogP contribution is 2.26. The third-order valence-electron chi connectivity index (χ3n) is 6.44. The van der Waals surface area contributed by atoms with Crippen LogP contribution in [-0.2, 0) is 24.2 Å². The molecule has 10 heteroatoms. The number of allylic oxidation sites excluding steroid dienone is 3. The zero-order valence-electron chi connectivity index (χ0n) is 22.2. The van der Waals surface area contributed by atoms with Crippen molar-refractivity contribution in [1.82, 2.24) is 14.7 Å². The van der Waals surface area contributed by atoms with Crippen LogP contribution >= 0.6 is 0 Å². The highest BCUT2D eigenvalue weighted by Gasteiger charge is 2.32. The molecule has 0 bridgehead atoms. The van der Waals surface area contributed by atoms with E-state index in [1.165, 1.54) is 22.1 Å². The molecule has 0 aromatic carbocycles. The maximum absolute atomic E-state index is 13.4. The molecule has 1 unspecified atom stereocenters. The van der Waals surface area contributed by atoms with E-state index in [9.17, 15) is 22.8 Å². The Labute approximate surface area is 215 Å². The lowest BCUT2D eigenvalue weighted by Gasteiger charge is -2.37. The Hall–Kier alpha value is -2.88. The number of amides is 3. The summed E-state index contributed by atoms with van der Waals surface area (Å²) in [7, 11) is -3.79. The molecule has 2 heterocycles. The van der Waals surface area contributed by atoms with Gasteiger partial charge in [0.25, 0.3) is 5.91 Å². The van der Waals surface area contributed by atoms with Gasteiger partial charge in [-0.25, -0.2) is 13.2 Å². The Morgan fingerprint density at radius 3 is 2.28 bits per heavy atom. The van der Waals surface area contributed by atoms with Crippen LogP contribution in [0.2, 0.25) is 0 Å². The Morgan fingerprint density at radius 2 is 1.83 bits per heavy atom. The van der Waals surface area contributed by atoms with E-state index in [0.717, 1.165) is 23.9 Å². The molecule has 2 rings (SSSR count). The highest BCUT2D eigenvalue weighted by molar-refractivity contribution is 7.94. The topological polar surface area (TPSA) is 104 Å². The second-order valence-corrected chi connectivity index (χ2v) is 11.5. The van der Waals surface area contributed by atoms with Crippen molar-refractivity contribution in [2.75, 3.05) is 39.0 Å². The van der Waals surface area contributed by atoms with Crippen LogP contribution in [0.15, 0.2) is 46.7 Å². The van der Waals surface area contributed by atoms with E-state index < -0.39 is 21.8 Å². The van der Waals surface area contributed by atoms with Crippen LogP contribution in [0.1, 0.15) is 47.5 Å². The van der Waals surface area contributed by atoms with Crippen LogP contribution in [0.4, 0.5) is 4.79 Å². The largest absolute Gasteiger partial charge is 0.447 e. The quantitative estimate of drug-likeness (QED) is 0.322. The van der Waals surface area contributed by atoms with Crippen LogP contribution in [0.5, 0.6) is 0 Å². The smallest absolute Gasteiger partial charge is 0.413 e. The molecule has 2 fully saturated rings. The van der Waals surface area contributed by atoms with Crippen molar-refractivity contribution >= 4 is 27.7 Å². The summed E-state index contributed by atoms with van der Waals surface area (Å²) < 4.78 is 30.0. The number of cyclic esters (lactones) is 1. The van der Waals surface area contributed by atoms with E-state index in [1.54, 1.807) is 11.8 Å². The van der Waals surface area contributed by atoms with Gasteiger partial charge in [-0.1, -0.05) is 40.3 Å². The predicted octanol–water partition coefficient (Wildman–Crippen LogP) is 3.47. The van der Waals surface area contributed by atoms with Crippen LogP contribution in [0, 0.1) is 11.8 Å². The Kier molecular flexibility index (Phi) is 10.1. The molecule has 1 atom stereocenters. The van der Waals surface area contributed by atoms with Crippen molar-refractivity contribution in [3.05, 3.63) is 46.7 Å². The molecule has 2 aliphatic heterocycles. The third-order valence-corrected chi connectivity index (χ3v) is 7.62. The normalized spacial score (nSPS) is 19.2. The summed E-state index contributed by atoms with van der Waals surface area (Å²) in [5.41, 5.74) is 1.63. The van der Waals surface area contributed by atoms with Gasteiger partial charge in [0.1, 0.15) is 13.2 Å². The number of rotatable bonds is 10. The maximum atomic E-state index is 13.4. The minimum atomic E-state index is -3.79. The molecule has 3 amide bonds. The second-order valence-electron chi connectivity index (χ2n) is 9.51. The number of carbonyl (C=O) groups is 3. The molecule has 0 N–H and O–H groups in total. The number of carbonyl (C=O) groups excluding carboxylic acids is 3. The number of hydrogen-bond acceptors (Lipinski definition) is 6. The van der Waals surface area contributed by atoms with Gasteiger partial charge >= 0.3 is 6.09 Å². The molecule has 0 saturated carbocycles. The molecule has 9 nitrogen and oxygen atoms in total. The molecule has 0 spiro atoms. The molecule has 0 radical (unpaired) electrons. The van der Waals surface area contributed by atoms with Gasteiger partial charge in [0, 0.05) is 36.8 Å². The lowest BCUT2D eigenvalue weighted by molar-refractivity contribution is -0.141. The minimum absolute atomic E-state index is 0.0732. The van der Waals surface area contributed by atoms with Crippen LogP contribution < -0.4 is 0 Å². The first kappa shape index (κ1) is 29.4. The van der Waals surface area contributed by atoms with Gasteiger partial charge in [0.2, 0.25) is 5.91 Å².